The quantitative estimate of drug-likeness (QED) is 0.785. The summed E-state index contributed by atoms with van der Waals surface area (Å²) in [5.41, 5.74) is 1.44. The van der Waals surface area contributed by atoms with Crippen molar-refractivity contribution < 1.29 is 18.8 Å². The van der Waals surface area contributed by atoms with Gasteiger partial charge in [-0.05, 0) is 24.9 Å². The molecular formula is C17H22BNO4. The SMILES string of the molecule is C=C1OB(c2ccc(CC(=O)N3CCOCC3)cc2)OC1(C)C. The van der Waals surface area contributed by atoms with Crippen LogP contribution in [0, 0.1) is 0 Å². The topological polar surface area (TPSA) is 48.0 Å². The standard InChI is InChI=1S/C17H22BNO4/c1-13-17(2,3)23-18(22-13)15-6-4-14(5-7-15)12-16(20)19-8-10-21-11-9-19/h4-7H,1,8-12H2,2-3H3. The molecule has 0 aliphatic carbocycles. The van der Waals surface area contributed by atoms with Gasteiger partial charge in [-0.25, -0.2) is 0 Å². The highest BCUT2D eigenvalue weighted by Crippen LogP contribution is 2.29. The Morgan fingerprint density at radius 1 is 1.26 bits per heavy atom. The van der Waals surface area contributed by atoms with Gasteiger partial charge in [-0.3, -0.25) is 4.79 Å². The number of hydrogen-bond donors (Lipinski definition) is 0. The first-order chi connectivity index (χ1) is 11.0. The van der Waals surface area contributed by atoms with Crippen LogP contribution >= 0.6 is 0 Å². The predicted molar refractivity (Wildman–Crippen MR) is 88.3 cm³/mol. The van der Waals surface area contributed by atoms with Crippen LogP contribution in [-0.2, 0) is 25.3 Å². The lowest BCUT2D eigenvalue weighted by molar-refractivity contribution is -0.134. The number of nitrogens with zero attached hydrogens (tertiary/aromatic N) is 1. The molecule has 5 nitrogen and oxygen atoms in total. The Labute approximate surface area is 137 Å². The Morgan fingerprint density at radius 2 is 1.91 bits per heavy atom. The van der Waals surface area contributed by atoms with E-state index in [1.54, 1.807) is 0 Å². The molecule has 2 heterocycles. The minimum atomic E-state index is -0.477. The fourth-order valence-electron chi connectivity index (χ4n) is 2.66. The smallest absolute Gasteiger partial charge is 0.534 e. The van der Waals surface area contributed by atoms with E-state index in [2.05, 4.69) is 6.58 Å². The third kappa shape index (κ3) is 3.59. The molecule has 1 aromatic rings. The highest BCUT2D eigenvalue weighted by atomic mass is 16.7. The van der Waals surface area contributed by atoms with Crippen LogP contribution in [0.1, 0.15) is 19.4 Å². The van der Waals surface area contributed by atoms with Crippen LogP contribution in [0.4, 0.5) is 0 Å². The van der Waals surface area contributed by atoms with Gasteiger partial charge in [-0.15, -0.1) is 0 Å². The van der Waals surface area contributed by atoms with Gasteiger partial charge in [-0.1, -0.05) is 30.8 Å². The molecule has 0 saturated carbocycles. The molecule has 23 heavy (non-hydrogen) atoms. The largest absolute Gasteiger partial charge is 0.563 e. The summed E-state index contributed by atoms with van der Waals surface area (Å²) in [7, 11) is -0.429. The van der Waals surface area contributed by atoms with E-state index < -0.39 is 12.7 Å². The zero-order valence-corrected chi connectivity index (χ0v) is 13.7. The number of benzene rings is 1. The molecule has 2 saturated heterocycles. The molecule has 1 amide bonds. The van der Waals surface area contributed by atoms with Crippen LogP contribution in [0.3, 0.4) is 0 Å². The predicted octanol–water partition coefficient (Wildman–Crippen LogP) is 1.12. The van der Waals surface area contributed by atoms with Gasteiger partial charge >= 0.3 is 7.12 Å². The summed E-state index contributed by atoms with van der Waals surface area (Å²) in [4.78, 5) is 14.1. The molecule has 0 unspecified atom stereocenters. The monoisotopic (exact) mass is 315 g/mol. The van der Waals surface area contributed by atoms with E-state index in [-0.39, 0.29) is 5.91 Å². The zero-order valence-electron chi connectivity index (χ0n) is 13.7. The maximum Gasteiger partial charge on any atom is 0.563 e. The summed E-state index contributed by atoms with van der Waals surface area (Å²) in [5.74, 6) is 0.776. The molecule has 0 bridgehead atoms. The Bertz CT molecular complexity index is 593. The lowest BCUT2D eigenvalue weighted by atomic mass is 9.79. The van der Waals surface area contributed by atoms with Crippen molar-refractivity contribution in [2.75, 3.05) is 26.3 Å². The molecule has 1 aromatic carbocycles. The summed E-state index contributed by atoms with van der Waals surface area (Å²) in [6.07, 6.45) is 0.408. The molecule has 2 aliphatic heterocycles. The number of carbonyl (C=O) groups is 1. The number of carbonyl (C=O) groups excluding carboxylic acids is 1. The Morgan fingerprint density at radius 3 is 2.48 bits per heavy atom. The van der Waals surface area contributed by atoms with Crippen molar-refractivity contribution in [2.45, 2.75) is 25.9 Å². The normalized spacial score (nSPS) is 20.5. The maximum absolute atomic E-state index is 12.2. The molecule has 6 heteroatoms. The fraction of sp³-hybridized carbons (Fsp3) is 0.471. The molecule has 122 valence electrons. The van der Waals surface area contributed by atoms with E-state index in [0.29, 0.717) is 38.5 Å². The van der Waals surface area contributed by atoms with Crippen LogP contribution in [0.2, 0.25) is 0 Å². The average Bonchev–Trinajstić information content (AvgIpc) is 2.82. The van der Waals surface area contributed by atoms with Crippen molar-refractivity contribution in [1.82, 2.24) is 4.90 Å². The van der Waals surface area contributed by atoms with Crippen molar-refractivity contribution in [1.29, 1.82) is 0 Å². The van der Waals surface area contributed by atoms with Gasteiger partial charge in [0.15, 0.2) is 0 Å². The van der Waals surface area contributed by atoms with Crippen molar-refractivity contribution in [2.24, 2.45) is 0 Å². The average molecular weight is 315 g/mol. The Hall–Kier alpha value is -1.79. The van der Waals surface area contributed by atoms with E-state index in [0.717, 1.165) is 11.0 Å². The molecule has 3 rings (SSSR count). The van der Waals surface area contributed by atoms with Crippen molar-refractivity contribution in [3.8, 4) is 0 Å². The zero-order chi connectivity index (χ0) is 16.4. The highest BCUT2D eigenvalue weighted by molar-refractivity contribution is 6.62. The second-order valence-electron chi connectivity index (χ2n) is 6.41. The van der Waals surface area contributed by atoms with Gasteiger partial charge in [0.05, 0.1) is 25.4 Å². The third-order valence-corrected chi connectivity index (χ3v) is 4.29. The van der Waals surface area contributed by atoms with Gasteiger partial charge < -0.3 is 18.9 Å². The fourth-order valence-corrected chi connectivity index (χ4v) is 2.66. The van der Waals surface area contributed by atoms with Gasteiger partial charge in [-0.2, -0.15) is 0 Å². The summed E-state index contributed by atoms with van der Waals surface area (Å²) in [5, 5.41) is 0. The lowest BCUT2D eigenvalue weighted by Gasteiger charge is -2.26. The van der Waals surface area contributed by atoms with E-state index in [9.17, 15) is 4.79 Å². The number of rotatable bonds is 3. The van der Waals surface area contributed by atoms with Crippen molar-refractivity contribution in [3.63, 3.8) is 0 Å². The van der Waals surface area contributed by atoms with Crippen LogP contribution in [0.5, 0.6) is 0 Å². The summed E-state index contributed by atoms with van der Waals surface area (Å²) >= 11 is 0. The molecule has 0 atom stereocenters. The molecule has 2 fully saturated rings. The number of hydrogen-bond acceptors (Lipinski definition) is 4. The molecule has 0 aromatic heterocycles. The highest BCUT2D eigenvalue weighted by Gasteiger charge is 2.42. The van der Waals surface area contributed by atoms with E-state index in [4.69, 9.17) is 14.0 Å². The third-order valence-electron chi connectivity index (χ3n) is 4.29. The van der Waals surface area contributed by atoms with Gasteiger partial charge in [0.25, 0.3) is 0 Å². The van der Waals surface area contributed by atoms with E-state index >= 15 is 0 Å². The molecule has 0 N–H and O–H groups in total. The van der Waals surface area contributed by atoms with Gasteiger partial charge in [0, 0.05) is 13.1 Å². The Kier molecular flexibility index (Phi) is 4.46. The molecule has 0 spiro atoms. The van der Waals surface area contributed by atoms with Gasteiger partial charge in [0.1, 0.15) is 5.60 Å². The first-order valence-corrected chi connectivity index (χ1v) is 7.94. The van der Waals surface area contributed by atoms with E-state index in [1.165, 1.54) is 0 Å². The number of ether oxygens (including phenoxy) is 1. The van der Waals surface area contributed by atoms with E-state index in [1.807, 2.05) is 43.0 Å². The van der Waals surface area contributed by atoms with Crippen LogP contribution in [0.15, 0.2) is 36.6 Å². The number of morpholine rings is 1. The van der Waals surface area contributed by atoms with Crippen LogP contribution in [0.25, 0.3) is 0 Å². The van der Waals surface area contributed by atoms with Crippen LogP contribution < -0.4 is 5.46 Å². The molecular weight excluding hydrogens is 293 g/mol. The maximum atomic E-state index is 12.2. The molecule has 2 aliphatic rings. The van der Waals surface area contributed by atoms with Crippen molar-refractivity contribution in [3.05, 3.63) is 42.2 Å². The summed E-state index contributed by atoms with van der Waals surface area (Å²) < 4.78 is 16.8. The summed E-state index contributed by atoms with van der Waals surface area (Å²) in [6.45, 7) is 10.4. The second-order valence-corrected chi connectivity index (χ2v) is 6.41. The number of amides is 1. The Balaban J connectivity index is 1.61. The lowest BCUT2D eigenvalue weighted by Crippen LogP contribution is -2.41. The molecule has 0 radical (unpaired) electrons. The first-order valence-electron chi connectivity index (χ1n) is 7.94. The van der Waals surface area contributed by atoms with Gasteiger partial charge in [0.2, 0.25) is 5.91 Å². The first kappa shape index (κ1) is 16.1. The van der Waals surface area contributed by atoms with Crippen molar-refractivity contribution >= 4 is 18.5 Å². The summed E-state index contributed by atoms with van der Waals surface area (Å²) in [6, 6.07) is 7.80. The minimum absolute atomic E-state index is 0.143. The minimum Gasteiger partial charge on any atom is -0.534 e. The second kappa shape index (κ2) is 6.38. The van der Waals surface area contributed by atoms with Crippen LogP contribution in [-0.4, -0.2) is 49.8 Å².